The van der Waals surface area contributed by atoms with Crippen LogP contribution in [-0.2, 0) is 16.3 Å². The van der Waals surface area contributed by atoms with Gasteiger partial charge in [-0.15, -0.1) is 0 Å². The maximum atomic E-state index is 2.30. The van der Waals surface area contributed by atoms with Gasteiger partial charge in [0.15, 0.2) is 14.7 Å². The Labute approximate surface area is 154 Å². The SMILES string of the molecule is CC(C)(C)c1ccc([S+](c2ccccc2)c2ccccc2)cc1.[Cl-]. The highest BCUT2D eigenvalue weighted by molar-refractivity contribution is 7.97. The summed E-state index contributed by atoms with van der Waals surface area (Å²) in [6, 6.07) is 30.7. The van der Waals surface area contributed by atoms with Crippen LogP contribution in [0.3, 0.4) is 0 Å². The minimum Gasteiger partial charge on any atom is -1.00 e. The van der Waals surface area contributed by atoms with Gasteiger partial charge >= 0.3 is 0 Å². The van der Waals surface area contributed by atoms with Crippen LogP contribution >= 0.6 is 0 Å². The minimum absolute atomic E-state index is 0. The fourth-order valence-electron chi connectivity index (χ4n) is 2.61. The summed E-state index contributed by atoms with van der Waals surface area (Å²) in [5.74, 6) is 0. The Balaban J connectivity index is 0.00000208. The molecule has 0 nitrogen and oxygen atoms in total. The molecule has 0 heterocycles. The van der Waals surface area contributed by atoms with E-state index in [9.17, 15) is 0 Å². The van der Waals surface area contributed by atoms with E-state index >= 15 is 0 Å². The van der Waals surface area contributed by atoms with Crippen LogP contribution in [0, 0.1) is 0 Å². The molecule has 0 aliphatic heterocycles. The van der Waals surface area contributed by atoms with E-state index in [0.29, 0.717) is 0 Å². The quantitative estimate of drug-likeness (QED) is 0.634. The van der Waals surface area contributed by atoms with Gasteiger partial charge in [-0.2, -0.15) is 0 Å². The van der Waals surface area contributed by atoms with E-state index in [0.717, 1.165) is 0 Å². The summed E-state index contributed by atoms with van der Waals surface area (Å²) in [5.41, 5.74) is 1.57. The predicted octanol–water partition coefficient (Wildman–Crippen LogP) is 3.08. The third-order valence-corrected chi connectivity index (χ3v) is 6.14. The molecule has 3 rings (SSSR count). The predicted molar refractivity (Wildman–Crippen MR) is 100 cm³/mol. The summed E-state index contributed by atoms with van der Waals surface area (Å²) in [4.78, 5) is 4.10. The van der Waals surface area contributed by atoms with Crippen molar-refractivity contribution in [2.75, 3.05) is 0 Å². The van der Waals surface area contributed by atoms with Crippen molar-refractivity contribution < 1.29 is 12.4 Å². The summed E-state index contributed by atoms with van der Waals surface area (Å²) in [6.07, 6.45) is 0. The number of benzene rings is 3. The molecule has 0 aromatic heterocycles. The van der Waals surface area contributed by atoms with E-state index in [1.807, 2.05) is 0 Å². The first-order valence-electron chi connectivity index (χ1n) is 8.01. The van der Waals surface area contributed by atoms with Crippen LogP contribution < -0.4 is 12.4 Å². The lowest BCUT2D eigenvalue weighted by molar-refractivity contribution is -0.00000504. The van der Waals surface area contributed by atoms with Crippen molar-refractivity contribution in [2.45, 2.75) is 40.9 Å². The highest BCUT2D eigenvalue weighted by Gasteiger charge is 2.28. The van der Waals surface area contributed by atoms with E-state index in [1.165, 1.54) is 20.2 Å². The number of rotatable bonds is 3. The molecule has 0 radical (unpaired) electrons. The van der Waals surface area contributed by atoms with E-state index < -0.39 is 0 Å². The molecule has 2 heteroatoms. The Bertz CT molecular complexity index is 704. The largest absolute Gasteiger partial charge is 1.00 e. The third-order valence-electron chi connectivity index (χ3n) is 3.91. The Morgan fingerprint density at radius 3 is 1.29 bits per heavy atom. The fraction of sp³-hybridized carbons (Fsp3) is 0.182. The molecule has 0 amide bonds. The molecule has 0 aliphatic rings. The fourth-order valence-corrected chi connectivity index (χ4v) is 4.70. The molecule has 24 heavy (non-hydrogen) atoms. The number of halogens is 1. The van der Waals surface area contributed by atoms with Gasteiger partial charge in [-0.1, -0.05) is 69.3 Å². The van der Waals surface area contributed by atoms with Crippen molar-refractivity contribution in [1.82, 2.24) is 0 Å². The Hall–Kier alpha value is -1.70. The molecular formula is C22H23ClS. The maximum Gasteiger partial charge on any atom is 0.166 e. The van der Waals surface area contributed by atoms with E-state index in [2.05, 4.69) is 106 Å². The Kier molecular flexibility index (Phi) is 6.15. The number of hydrogen-bond acceptors (Lipinski definition) is 0. The van der Waals surface area contributed by atoms with Gasteiger partial charge in [-0.3, -0.25) is 0 Å². The smallest absolute Gasteiger partial charge is 0.166 e. The normalized spacial score (nSPS) is 11.2. The molecule has 3 aromatic carbocycles. The van der Waals surface area contributed by atoms with Gasteiger partial charge in [0.05, 0.1) is 10.9 Å². The van der Waals surface area contributed by atoms with Crippen molar-refractivity contribution >= 4 is 10.9 Å². The molecule has 3 aromatic rings. The van der Waals surface area contributed by atoms with Crippen LogP contribution in [0.4, 0.5) is 0 Å². The van der Waals surface area contributed by atoms with Crippen LogP contribution in [0.25, 0.3) is 0 Å². The standard InChI is InChI=1S/C22H23S.ClH/c1-22(2,3)18-14-16-21(17-15-18)23(19-10-6-4-7-11-19)20-12-8-5-9-13-20;/h4-17H,1-3H3;1H/q+1;/p-1. The van der Waals surface area contributed by atoms with E-state index in [-0.39, 0.29) is 28.7 Å². The zero-order valence-electron chi connectivity index (χ0n) is 14.4. The number of hydrogen-bond donors (Lipinski definition) is 0. The molecule has 0 unspecified atom stereocenters. The molecule has 0 saturated heterocycles. The van der Waals surface area contributed by atoms with Crippen molar-refractivity contribution in [3.63, 3.8) is 0 Å². The first-order chi connectivity index (χ1) is 11.1. The lowest BCUT2D eigenvalue weighted by atomic mass is 9.87. The van der Waals surface area contributed by atoms with Crippen molar-refractivity contribution in [3.8, 4) is 0 Å². The first kappa shape index (κ1) is 18.6. The lowest BCUT2D eigenvalue weighted by Gasteiger charge is -2.19. The van der Waals surface area contributed by atoms with Gasteiger partial charge < -0.3 is 12.4 Å². The zero-order chi connectivity index (χ0) is 16.3. The summed E-state index contributed by atoms with van der Waals surface area (Å²) < 4.78 is 0. The summed E-state index contributed by atoms with van der Waals surface area (Å²) in [7, 11) is -0.0497. The summed E-state index contributed by atoms with van der Waals surface area (Å²) in [6.45, 7) is 6.78. The average Bonchev–Trinajstić information content (AvgIpc) is 2.57. The van der Waals surface area contributed by atoms with Crippen molar-refractivity contribution in [3.05, 3.63) is 90.5 Å². The highest BCUT2D eigenvalue weighted by Crippen LogP contribution is 2.32. The Morgan fingerprint density at radius 2 is 0.917 bits per heavy atom. The second-order valence-corrected chi connectivity index (χ2v) is 8.73. The monoisotopic (exact) mass is 354 g/mol. The summed E-state index contributed by atoms with van der Waals surface area (Å²) >= 11 is 0. The molecule has 0 aliphatic carbocycles. The highest BCUT2D eigenvalue weighted by atomic mass is 35.5. The van der Waals surface area contributed by atoms with Crippen LogP contribution in [0.15, 0.2) is 99.6 Å². The van der Waals surface area contributed by atoms with Gasteiger partial charge in [0.1, 0.15) is 0 Å². The topological polar surface area (TPSA) is 0 Å². The molecule has 0 saturated carbocycles. The van der Waals surface area contributed by atoms with Gasteiger partial charge in [0.2, 0.25) is 0 Å². The van der Waals surface area contributed by atoms with Crippen molar-refractivity contribution in [2.24, 2.45) is 0 Å². The van der Waals surface area contributed by atoms with Crippen LogP contribution in [0.1, 0.15) is 26.3 Å². The first-order valence-corrected chi connectivity index (χ1v) is 9.23. The van der Waals surface area contributed by atoms with E-state index in [4.69, 9.17) is 0 Å². The van der Waals surface area contributed by atoms with Gasteiger partial charge in [0, 0.05) is 0 Å². The van der Waals surface area contributed by atoms with Gasteiger partial charge in [-0.25, -0.2) is 0 Å². The Morgan fingerprint density at radius 1 is 0.542 bits per heavy atom. The van der Waals surface area contributed by atoms with Crippen molar-refractivity contribution in [1.29, 1.82) is 0 Å². The molecule has 0 spiro atoms. The van der Waals surface area contributed by atoms with Gasteiger partial charge in [0.25, 0.3) is 0 Å². The second-order valence-electron chi connectivity index (χ2n) is 6.71. The molecule has 0 N–H and O–H groups in total. The second kappa shape index (κ2) is 7.92. The van der Waals surface area contributed by atoms with Crippen LogP contribution in [0.5, 0.6) is 0 Å². The lowest BCUT2D eigenvalue weighted by Crippen LogP contribution is -3.00. The maximum absolute atomic E-state index is 2.30. The molecule has 0 atom stereocenters. The molecule has 0 fully saturated rings. The summed E-state index contributed by atoms with van der Waals surface area (Å²) in [5, 5.41) is 0. The third kappa shape index (κ3) is 4.23. The van der Waals surface area contributed by atoms with Crippen LogP contribution in [0.2, 0.25) is 0 Å². The molecular weight excluding hydrogens is 332 g/mol. The molecule has 0 bridgehead atoms. The molecule has 124 valence electrons. The van der Waals surface area contributed by atoms with Gasteiger partial charge in [-0.05, 0) is 47.4 Å². The van der Waals surface area contributed by atoms with E-state index in [1.54, 1.807) is 0 Å². The zero-order valence-corrected chi connectivity index (χ0v) is 15.9. The average molecular weight is 355 g/mol. The minimum atomic E-state index is -0.0497. The van der Waals surface area contributed by atoms with Crippen LogP contribution in [-0.4, -0.2) is 0 Å².